The Bertz CT molecular complexity index is 216. The fraction of sp³-hybridized carbons (Fsp3) is 0.909. The number of hydrogen-bond donors (Lipinski definition) is 1. The lowest BCUT2D eigenvalue weighted by molar-refractivity contribution is -0.132. The molecule has 0 spiro atoms. The normalized spacial score (nSPS) is 20.0. The average molecular weight is 218 g/mol. The van der Waals surface area contributed by atoms with Crippen molar-refractivity contribution in [1.29, 1.82) is 0 Å². The summed E-state index contributed by atoms with van der Waals surface area (Å²) in [5.74, 6) is 0.679. The van der Waals surface area contributed by atoms with Crippen LogP contribution in [0.3, 0.4) is 0 Å². The quantitative estimate of drug-likeness (QED) is 0.721. The zero-order valence-electron chi connectivity index (χ0n) is 9.32. The van der Waals surface area contributed by atoms with Crippen LogP contribution >= 0.6 is 11.6 Å². The Kier molecular flexibility index (Phi) is 3.46. The van der Waals surface area contributed by atoms with Crippen LogP contribution in [-0.4, -0.2) is 17.3 Å². The van der Waals surface area contributed by atoms with Gasteiger partial charge in [0.25, 0.3) is 0 Å². The first-order chi connectivity index (χ1) is 6.46. The van der Waals surface area contributed by atoms with E-state index < -0.39 is 0 Å². The summed E-state index contributed by atoms with van der Waals surface area (Å²) in [5.41, 5.74) is -0.361. The van der Waals surface area contributed by atoms with Crippen molar-refractivity contribution in [3.8, 4) is 0 Å². The number of hydrogen-bond acceptors (Lipinski definition) is 1. The third-order valence-corrected chi connectivity index (χ3v) is 3.96. The van der Waals surface area contributed by atoms with Gasteiger partial charge in [-0.15, -0.1) is 11.6 Å². The summed E-state index contributed by atoms with van der Waals surface area (Å²) < 4.78 is 0. The Labute approximate surface area is 91.4 Å². The lowest BCUT2D eigenvalue weighted by Gasteiger charge is -2.42. The van der Waals surface area contributed by atoms with Crippen molar-refractivity contribution < 1.29 is 4.79 Å². The second-order valence-electron chi connectivity index (χ2n) is 4.96. The smallest absolute Gasteiger partial charge is 0.226 e. The molecule has 1 rings (SSSR count). The molecule has 3 heteroatoms. The molecule has 1 N–H and O–H groups in total. The highest BCUT2D eigenvalue weighted by Gasteiger charge is 2.40. The Balaban J connectivity index is 2.55. The second-order valence-corrected chi connectivity index (χ2v) is 5.23. The third-order valence-electron chi connectivity index (χ3n) is 3.44. The van der Waals surface area contributed by atoms with E-state index in [2.05, 4.69) is 5.32 Å². The predicted octanol–water partition coefficient (Wildman–Crippen LogP) is 2.70. The van der Waals surface area contributed by atoms with Gasteiger partial charge in [-0.3, -0.25) is 4.79 Å². The van der Waals surface area contributed by atoms with Gasteiger partial charge in [0, 0.05) is 11.3 Å². The molecule has 1 aliphatic rings. The molecule has 2 nitrogen and oxygen atoms in total. The van der Waals surface area contributed by atoms with Gasteiger partial charge >= 0.3 is 0 Å². The summed E-state index contributed by atoms with van der Waals surface area (Å²) >= 11 is 5.88. The molecule has 14 heavy (non-hydrogen) atoms. The van der Waals surface area contributed by atoms with Crippen LogP contribution in [0.1, 0.15) is 46.5 Å². The van der Waals surface area contributed by atoms with Gasteiger partial charge < -0.3 is 5.32 Å². The minimum absolute atomic E-state index is 0.0922. The summed E-state index contributed by atoms with van der Waals surface area (Å²) in [5, 5.41) is 3.10. The maximum atomic E-state index is 11.9. The molecule has 0 radical (unpaired) electrons. The van der Waals surface area contributed by atoms with Crippen LogP contribution in [0.25, 0.3) is 0 Å². The first-order valence-electron chi connectivity index (χ1n) is 5.34. The van der Waals surface area contributed by atoms with Crippen molar-refractivity contribution >= 4 is 17.5 Å². The van der Waals surface area contributed by atoms with Crippen LogP contribution in [-0.2, 0) is 4.79 Å². The Morgan fingerprint density at radius 1 is 1.50 bits per heavy atom. The van der Waals surface area contributed by atoms with Gasteiger partial charge in [0.15, 0.2) is 0 Å². The van der Waals surface area contributed by atoms with Crippen molar-refractivity contribution in [2.45, 2.75) is 52.0 Å². The lowest BCUT2D eigenvalue weighted by atomic mass is 9.77. The monoisotopic (exact) mass is 217 g/mol. The topological polar surface area (TPSA) is 29.1 Å². The molecule has 1 fully saturated rings. The highest BCUT2D eigenvalue weighted by atomic mass is 35.5. The van der Waals surface area contributed by atoms with Crippen molar-refractivity contribution in [3.63, 3.8) is 0 Å². The molecule has 1 saturated carbocycles. The van der Waals surface area contributed by atoms with Crippen LogP contribution in [0.15, 0.2) is 0 Å². The molecule has 0 aromatic carbocycles. The van der Waals surface area contributed by atoms with Gasteiger partial charge in [0.2, 0.25) is 5.91 Å². The minimum Gasteiger partial charge on any atom is -0.349 e. The summed E-state index contributed by atoms with van der Waals surface area (Å²) in [6, 6.07) is 0. The number of carbonyl (C=O) groups excluding carboxylic acids is 1. The van der Waals surface area contributed by atoms with Gasteiger partial charge in [-0.25, -0.2) is 0 Å². The van der Waals surface area contributed by atoms with Gasteiger partial charge in [-0.1, -0.05) is 20.8 Å². The molecule has 82 valence electrons. The fourth-order valence-electron chi connectivity index (χ4n) is 1.47. The Morgan fingerprint density at radius 2 is 2.07 bits per heavy atom. The van der Waals surface area contributed by atoms with Gasteiger partial charge in [-0.05, 0) is 25.7 Å². The average Bonchev–Trinajstić information content (AvgIpc) is 2.10. The van der Waals surface area contributed by atoms with Gasteiger partial charge in [0.05, 0.1) is 5.54 Å². The van der Waals surface area contributed by atoms with E-state index in [0.29, 0.717) is 5.88 Å². The van der Waals surface area contributed by atoms with Crippen LogP contribution in [0, 0.1) is 5.41 Å². The first-order valence-corrected chi connectivity index (χ1v) is 5.88. The SMILES string of the molecule is CCC(C)(C)C(=O)NC1(CCl)CCC1. The zero-order valence-corrected chi connectivity index (χ0v) is 10.1. The molecule has 0 bridgehead atoms. The maximum absolute atomic E-state index is 11.9. The van der Waals surface area contributed by atoms with E-state index in [1.165, 1.54) is 6.42 Å². The number of nitrogens with one attached hydrogen (secondary N) is 1. The summed E-state index contributed by atoms with van der Waals surface area (Å²) in [7, 11) is 0. The second kappa shape index (κ2) is 4.09. The molecule has 0 aromatic rings. The maximum Gasteiger partial charge on any atom is 0.226 e. The molecule has 0 heterocycles. The van der Waals surface area contributed by atoms with Crippen LogP contribution in [0.2, 0.25) is 0 Å². The molecule has 1 aliphatic carbocycles. The van der Waals surface area contributed by atoms with E-state index in [9.17, 15) is 4.79 Å². The summed E-state index contributed by atoms with van der Waals surface area (Å²) in [6.45, 7) is 5.99. The largest absolute Gasteiger partial charge is 0.349 e. The van der Waals surface area contributed by atoms with E-state index in [1.54, 1.807) is 0 Å². The summed E-state index contributed by atoms with van der Waals surface area (Å²) in [4.78, 5) is 11.9. The molecule has 0 aromatic heterocycles. The van der Waals surface area contributed by atoms with Crippen LogP contribution in [0.4, 0.5) is 0 Å². The number of amides is 1. The van der Waals surface area contributed by atoms with E-state index in [-0.39, 0.29) is 16.9 Å². The third kappa shape index (κ3) is 2.22. The highest BCUT2D eigenvalue weighted by molar-refractivity contribution is 6.18. The van der Waals surface area contributed by atoms with E-state index >= 15 is 0 Å². The molecule has 0 unspecified atom stereocenters. The van der Waals surface area contributed by atoms with Gasteiger partial charge in [0.1, 0.15) is 0 Å². The number of carbonyl (C=O) groups is 1. The molecule has 0 aliphatic heterocycles. The van der Waals surface area contributed by atoms with E-state index in [0.717, 1.165) is 19.3 Å². The lowest BCUT2D eigenvalue weighted by Crippen LogP contribution is -2.57. The minimum atomic E-state index is -0.269. The molecule has 0 saturated heterocycles. The predicted molar refractivity (Wildman–Crippen MR) is 59.5 cm³/mol. The van der Waals surface area contributed by atoms with Crippen LogP contribution < -0.4 is 5.32 Å². The number of rotatable bonds is 4. The number of halogens is 1. The molecule has 1 amide bonds. The molecular weight excluding hydrogens is 198 g/mol. The Morgan fingerprint density at radius 3 is 2.36 bits per heavy atom. The van der Waals surface area contributed by atoms with E-state index in [1.807, 2.05) is 20.8 Å². The fourth-order valence-corrected chi connectivity index (χ4v) is 1.80. The van der Waals surface area contributed by atoms with Crippen molar-refractivity contribution in [2.75, 3.05) is 5.88 Å². The standard InChI is InChI=1S/C11H20ClNO/c1-4-10(2,3)9(14)13-11(8-12)6-5-7-11/h4-8H2,1-3H3,(H,13,14). The van der Waals surface area contributed by atoms with Crippen molar-refractivity contribution in [3.05, 3.63) is 0 Å². The Hall–Kier alpha value is -0.240. The van der Waals surface area contributed by atoms with Gasteiger partial charge in [-0.2, -0.15) is 0 Å². The van der Waals surface area contributed by atoms with Crippen LogP contribution in [0.5, 0.6) is 0 Å². The molecular formula is C11H20ClNO. The molecule has 0 atom stereocenters. The number of alkyl halides is 1. The van der Waals surface area contributed by atoms with E-state index in [4.69, 9.17) is 11.6 Å². The highest BCUT2D eigenvalue weighted by Crippen LogP contribution is 2.34. The van der Waals surface area contributed by atoms with Crippen molar-refractivity contribution in [1.82, 2.24) is 5.32 Å². The van der Waals surface area contributed by atoms with Crippen molar-refractivity contribution in [2.24, 2.45) is 5.41 Å². The summed E-state index contributed by atoms with van der Waals surface area (Å²) in [6.07, 6.45) is 4.10. The first kappa shape index (κ1) is 11.8. The zero-order chi connectivity index (χ0) is 10.8.